The Morgan fingerprint density at radius 1 is 1.21 bits per heavy atom. The van der Waals surface area contributed by atoms with Crippen molar-refractivity contribution in [2.45, 2.75) is 0 Å². The van der Waals surface area contributed by atoms with Crippen LogP contribution in [-0.4, -0.2) is 66.2 Å². The smallest absolute Gasteiger partial charge is 0.338 e. The third-order valence-corrected chi connectivity index (χ3v) is 4.18. The molecule has 9 heteroatoms. The normalized spacial score (nSPS) is 17.4. The molecule has 0 amide bonds. The van der Waals surface area contributed by atoms with Crippen LogP contribution in [0.25, 0.3) is 0 Å². The quantitative estimate of drug-likeness (QED) is 0.780. The van der Waals surface area contributed by atoms with E-state index < -0.39 is 16.0 Å². The van der Waals surface area contributed by atoms with E-state index in [2.05, 4.69) is 9.97 Å². The molecule has 1 fully saturated rings. The zero-order valence-electron chi connectivity index (χ0n) is 10.4. The standard InChI is InChI=1S/C10H14N4O4S/c1-19(17,18)14-4-2-13(3-5-14)10-11-6-8(7-12-10)9(15)16/h6-7H,2-5H2,1H3,(H,15,16). The number of rotatable bonds is 3. The van der Waals surface area contributed by atoms with Crippen molar-refractivity contribution < 1.29 is 18.3 Å². The molecule has 0 radical (unpaired) electrons. The van der Waals surface area contributed by atoms with E-state index in [1.807, 2.05) is 4.90 Å². The molecule has 1 saturated heterocycles. The lowest BCUT2D eigenvalue weighted by atomic mass is 10.3. The molecule has 1 aliphatic heterocycles. The minimum Gasteiger partial charge on any atom is -0.478 e. The number of piperazine rings is 1. The van der Waals surface area contributed by atoms with Gasteiger partial charge in [0.2, 0.25) is 16.0 Å². The van der Waals surface area contributed by atoms with Gasteiger partial charge in [-0.2, -0.15) is 4.31 Å². The number of aromatic nitrogens is 2. The number of carboxylic acids is 1. The number of hydrogen-bond donors (Lipinski definition) is 1. The summed E-state index contributed by atoms with van der Waals surface area (Å²) in [5, 5.41) is 8.74. The molecule has 0 aromatic carbocycles. The number of anilines is 1. The molecule has 0 saturated carbocycles. The summed E-state index contributed by atoms with van der Waals surface area (Å²) in [4.78, 5) is 20.5. The van der Waals surface area contributed by atoms with Gasteiger partial charge in [0.1, 0.15) is 0 Å². The molecule has 104 valence electrons. The van der Waals surface area contributed by atoms with Gasteiger partial charge in [-0.15, -0.1) is 0 Å². The van der Waals surface area contributed by atoms with Gasteiger partial charge in [-0.3, -0.25) is 0 Å². The van der Waals surface area contributed by atoms with E-state index in [-0.39, 0.29) is 5.56 Å². The summed E-state index contributed by atoms with van der Waals surface area (Å²) in [6, 6.07) is 0. The molecule has 1 aromatic rings. The highest BCUT2D eigenvalue weighted by atomic mass is 32.2. The minimum absolute atomic E-state index is 0.0264. The molecule has 0 aliphatic carbocycles. The van der Waals surface area contributed by atoms with Crippen molar-refractivity contribution in [1.29, 1.82) is 0 Å². The predicted octanol–water partition coefficient (Wildman–Crippen LogP) is -0.744. The number of sulfonamides is 1. The van der Waals surface area contributed by atoms with Crippen LogP contribution >= 0.6 is 0 Å². The highest BCUT2D eigenvalue weighted by Crippen LogP contribution is 2.12. The van der Waals surface area contributed by atoms with Crippen LogP contribution in [0.1, 0.15) is 10.4 Å². The summed E-state index contributed by atoms with van der Waals surface area (Å²) in [7, 11) is -3.16. The Morgan fingerprint density at radius 3 is 2.16 bits per heavy atom. The molecule has 2 rings (SSSR count). The van der Waals surface area contributed by atoms with Crippen molar-refractivity contribution in [2.24, 2.45) is 0 Å². The first-order valence-corrected chi connectivity index (χ1v) is 7.48. The number of hydrogen-bond acceptors (Lipinski definition) is 6. The van der Waals surface area contributed by atoms with Crippen molar-refractivity contribution >= 4 is 21.9 Å². The van der Waals surface area contributed by atoms with Crippen LogP contribution in [0.3, 0.4) is 0 Å². The number of aromatic carboxylic acids is 1. The molecular formula is C10H14N4O4S. The fourth-order valence-corrected chi connectivity index (χ4v) is 2.64. The Bertz CT molecular complexity index is 564. The van der Waals surface area contributed by atoms with E-state index >= 15 is 0 Å². The van der Waals surface area contributed by atoms with Crippen LogP contribution in [0.2, 0.25) is 0 Å². The Morgan fingerprint density at radius 2 is 1.74 bits per heavy atom. The molecule has 8 nitrogen and oxygen atoms in total. The average molecular weight is 286 g/mol. The van der Waals surface area contributed by atoms with Crippen LogP contribution in [0.5, 0.6) is 0 Å². The van der Waals surface area contributed by atoms with Crippen LogP contribution in [0.4, 0.5) is 5.95 Å². The average Bonchev–Trinajstić information content (AvgIpc) is 2.38. The van der Waals surface area contributed by atoms with Crippen molar-refractivity contribution in [2.75, 3.05) is 37.3 Å². The topological polar surface area (TPSA) is 104 Å². The number of carbonyl (C=O) groups is 1. The molecule has 0 unspecified atom stereocenters. The Kier molecular flexibility index (Phi) is 3.67. The van der Waals surface area contributed by atoms with E-state index in [1.165, 1.54) is 23.0 Å². The van der Waals surface area contributed by atoms with Crippen molar-refractivity contribution in [3.8, 4) is 0 Å². The van der Waals surface area contributed by atoms with Crippen LogP contribution in [-0.2, 0) is 10.0 Å². The first-order valence-electron chi connectivity index (χ1n) is 5.63. The van der Waals surface area contributed by atoms with Crippen molar-refractivity contribution in [3.05, 3.63) is 18.0 Å². The summed E-state index contributed by atoms with van der Waals surface area (Å²) in [5.41, 5.74) is 0.0264. The lowest BCUT2D eigenvalue weighted by Gasteiger charge is -2.33. The van der Waals surface area contributed by atoms with Gasteiger partial charge in [-0.1, -0.05) is 0 Å². The predicted molar refractivity (Wildman–Crippen MR) is 67.6 cm³/mol. The molecule has 0 atom stereocenters. The van der Waals surface area contributed by atoms with E-state index in [0.717, 1.165) is 0 Å². The van der Waals surface area contributed by atoms with Gasteiger partial charge in [0.25, 0.3) is 0 Å². The van der Waals surface area contributed by atoms with Gasteiger partial charge in [0, 0.05) is 38.6 Å². The van der Waals surface area contributed by atoms with Crippen LogP contribution in [0.15, 0.2) is 12.4 Å². The highest BCUT2D eigenvalue weighted by Gasteiger charge is 2.24. The maximum absolute atomic E-state index is 11.4. The second kappa shape index (κ2) is 5.10. The fourth-order valence-electron chi connectivity index (χ4n) is 1.81. The molecule has 1 aliphatic rings. The highest BCUT2D eigenvalue weighted by molar-refractivity contribution is 7.88. The molecule has 19 heavy (non-hydrogen) atoms. The first kappa shape index (κ1) is 13.7. The summed E-state index contributed by atoms with van der Waals surface area (Å²) in [6.07, 6.45) is 3.67. The largest absolute Gasteiger partial charge is 0.478 e. The second-order valence-corrected chi connectivity index (χ2v) is 6.21. The van der Waals surface area contributed by atoms with E-state index in [0.29, 0.717) is 32.1 Å². The molecule has 2 heterocycles. The van der Waals surface area contributed by atoms with Gasteiger partial charge >= 0.3 is 5.97 Å². The van der Waals surface area contributed by atoms with E-state index in [9.17, 15) is 13.2 Å². The van der Waals surface area contributed by atoms with Gasteiger partial charge < -0.3 is 10.0 Å². The Hall–Kier alpha value is -1.74. The SMILES string of the molecule is CS(=O)(=O)N1CCN(c2ncc(C(=O)O)cn2)CC1. The van der Waals surface area contributed by atoms with Gasteiger partial charge in [0.05, 0.1) is 11.8 Å². The van der Waals surface area contributed by atoms with Crippen molar-refractivity contribution in [3.63, 3.8) is 0 Å². The lowest BCUT2D eigenvalue weighted by Crippen LogP contribution is -2.48. The lowest BCUT2D eigenvalue weighted by molar-refractivity contribution is 0.0696. The van der Waals surface area contributed by atoms with E-state index in [4.69, 9.17) is 5.11 Å². The van der Waals surface area contributed by atoms with Gasteiger partial charge in [0.15, 0.2) is 0 Å². The fraction of sp³-hybridized carbons (Fsp3) is 0.500. The summed E-state index contributed by atoms with van der Waals surface area (Å²) in [5.74, 6) is -0.661. The number of carboxylic acid groups (broad SMARTS) is 1. The summed E-state index contributed by atoms with van der Waals surface area (Å²) in [6.45, 7) is 1.73. The molecule has 1 N–H and O–H groups in total. The maximum atomic E-state index is 11.4. The summed E-state index contributed by atoms with van der Waals surface area (Å²) < 4.78 is 24.1. The third-order valence-electron chi connectivity index (χ3n) is 2.88. The van der Waals surface area contributed by atoms with Gasteiger partial charge in [-0.05, 0) is 0 Å². The molecule has 0 bridgehead atoms. The summed E-state index contributed by atoms with van der Waals surface area (Å²) >= 11 is 0. The maximum Gasteiger partial charge on any atom is 0.338 e. The van der Waals surface area contributed by atoms with Crippen molar-refractivity contribution in [1.82, 2.24) is 14.3 Å². The number of nitrogens with zero attached hydrogens (tertiary/aromatic N) is 4. The Labute approximate surface area is 110 Å². The Balaban J connectivity index is 2.03. The molecular weight excluding hydrogens is 272 g/mol. The minimum atomic E-state index is -3.16. The zero-order valence-corrected chi connectivity index (χ0v) is 11.2. The van der Waals surface area contributed by atoms with Gasteiger partial charge in [-0.25, -0.2) is 23.2 Å². The zero-order chi connectivity index (χ0) is 14.0. The molecule has 0 spiro atoms. The van der Waals surface area contributed by atoms with E-state index in [1.54, 1.807) is 0 Å². The second-order valence-electron chi connectivity index (χ2n) is 4.23. The van der Waals surface area contributed by atoms with Crippen LogP contribution in [0, 0.1) is 0 Å². The monoisotopic (exact) mass is 286 g/mol. The van der Waals surface area contributed by atoms with Crippen LogP contribution < -0.4 is 4.90 Å². The molecule has 1 aromatic heterocycles. The third kappa shape index (κ3) is 3.18. The first-order chi connectivity index (χ1) is 8.88.